The van der Waals surface area contributed by atoms with E-state index in [2.05, 4.69) is 25.9 Å². The van der Waals surface area contributed by atoms with Crippen LogP contribution in [0.4, 0.5) is 0 Å². The number of hydrogen-bond donors (Lipinski definition) is 8. The molecule has 0 saturated carbocycles. The Morgan fingerprint density at radius 3 is 2.06 bits per heavy atom. The molecule has 1 rings (SSSR count). The highest BCUT2D eigenvalue weighted by molar-refractivity contribution is 5.95. The van der Waals surface area contributed by atoms with Crippen molar-refractivity contribution in [1.29, 1.82) is 0 Å². The van der Waals surface area contributed by atoms with E-state index < -0.39 is 72.2 Å². The normalized spacial score (nSPS) is 15.6. The van der Waals surface area contributed by atoms with Crippen LogP contribution in [0.3, 0.4) is 0 Å². The Bertz CT molecular complexity index is 842. The summed E-state index contributed by atoms with van der Waals surface area (Å²) in [6, 6.07) is -5.31. The zero-order chi connectivity index (χ0) is 25.3. The molecule has 1 aromatic heterocycles. The first-order chi connectivity index (χ1) is 15.3. The lowest BCUT2D eigenvalue weighted by molar-refractivity contribution is -0.144. The topological polar surface area (TPSA) is 243 Å². The molecule has 0 saturated heterocycles. The Labute approximate surface area is 189 Å². The molecular formula is C19H31N7O7. The first-order valence-corrected chi connectivity index (χ1v) is 10.2. The first kappa shape index (κ1) is 27.5. The van der Waals surface area contributed by atoms with Crippen LogP contribution < -0.4 is 27.4 Å². The molecule has 0 aliphatic carbocycles. The van der Waals surface area contributed by atoms with Gasteiger partial charge in [-0.15, -0.1) is 0 Å². The van der Waals surface area contributed by atoms with Gasteiger partial charge in [-0.2, -0.15) is 0 Å². The number of nitrogens with zero attached hydrogens (tertiary/aromatic N) is 1. The van der Waals surface area contributed by atoms with Crippen molar-refractivity contribution in [2.45, 2.75) is 63.9 Å². The number of carbonyl (C=O) groups excluding carboxylic acids is 4. The van der Waals surface area contributed by atoms with Crippen molar-refractivity contribution in [3.63, 3.8) is 0 Å². The zero-order valence-corrected chi connectivity index (χ0v) is 18.6. The molecule has 0 aliphatic rings. The fourth-order valence-corrected chi connectivity index (χ4v) is 2.83. The summed E-state index contributed by atoms with van der Waals surface area (Å²) in [5, 5.41) is 26.0. The minimum absolute atomic E-state index is 0.146. The number of aromatic nitrogens is 2. The maximum atomic E-state index is 12.8. The standard InChI is InChI=1S/C19H31N7O7/c1-8(2)14(25-16(29)11(20)4-10-6-22-7-23-10)17(30)26-15(9(3)27)18(31)24-12(19(32)33)5-13(21)28/h6-9,11-12,14-15,27H,4-5,20H2,1-3H3,(H2,21,28)(H,22,23)(H,24,31)(H,25,29)(H,26,30)(H,32,33). The third-order valence-electron chi connectivity index (χ3n) is 4.66. The lowest BCUT2D eigenvalue weighted by Gasteiger charge is -2.28. The van der Waals surface area contributed by atoms with Crippen molar-refractivity contribution < 1.29 is 34.2 Å². The van der Waals surface area contributed by atoms with E-state index in [0.29, 0.717) is 5.69 Å². The lowest BCUT2D eigenvalue weighted by Crippen LogP contribution is -2.61. The molecule has 0 spiro atoms. The van der Waals surface area contributed by atoms with E-state index in [1.807, 2.05) is 0 Å². The molecule has 5 unspecified atom stereocenters. The van der Waals surface area contributed by atoms with Crippen molar-refractivity contribution >= 4 is 29.6 Å². The second-order valence-electron chi connectivity index (χ2n) is 7.91. The molecule has 0 fully saturated rings. The number of hydrogen-bond acceptors (Lipinski definition) is 8. The molecule has 14 nitrogen and oxygen atoms in total. The summed E-state index contributed by atoms with van der Waals surface area (Å²) in [6.07, 6.45) is 0.981. The van der Waals surface area contributed by atoms with Crippen LogP contribution in [0, 0.1) is 5.92 Å². The SMILES string of the molecule is CC(C)C(NC(=O)C(N)Cc1cnc[nH]1)C(=O)NC(C(=O)NC(CC(N)=O)C(=O)O)C(C)O. The van der Waals surface area contributed by atoms with Gasteiger partial charge in [0, 0.05) is 18.3 Å². The fourth-order valence-electron chi connectivity index (χ4n) is 2.83. The average Bonchev–Trinajstić information content (AvgIpc) is 3.21. The third kappa shape index (κ3) is 8.86. The number of carbonyl (C=O) groups is 5. The number of H-pyrrole nitrogens is 1. The number of aliphatic carboxylic acids is 1. The Hall–Kier alpha value is -3.52. The predicted molar refractivity (Wildman–Crippen MR) is 114 cm³/mol. The maximum absolute atomic E-state index is 12.8. The monoisotopic (exact) mass is 469 g/mol. The quantitative estimate of drug-likeness (QED) is 0.144. The van der Waals surface area contributed by atoms with E-state index in [4.69, 9.17) is 16.6 Å². The summed E-state index contributed by atoms with van der Waals surface area (Å²) >= 11 is 0. The molecule has 0 bridgehead atoms. The highest BCUT2D eigenvalue weighted by Gasteiger charge is 2.34. The van der Waals surface area contributed by atoms with E-state index >= 15 is 0 Å². The Morgan fingerprint density at radius 1 is 1.03 bits per heavy atom. The van der Waals surface area contributed by atoms with Gasteiger partial charge in [0.05, 0.1) is 24.9 Å². The van der Waals surface area contributed by atoms with E-state index in [1.165, 1.54) is 19.4 Å². The van der Waals surface area contributed by atoms with Crippen LogP contribution in [0.25, 0.3) is 0 Å². The summed E-state index contributed by atoms with van der Waals surface area (Å²) in [5.41, 5.74) is 11.5. The maximum Gasteiger partial charge on any atom is 0.326 e. The molecule has 5 atom stereocenters. The predicted octanol–water partition coefficient (Wildman–Crippen LogP) is -3.27. The fraction of sp³-hybridized carbons (Fsp3) is 0.579. The molecule has 1 heterocycles. The van der Waals surface area contributed by atoms with Crippen LogP contribution in [0.2, 0.25) is 0 Å². The Kier molecular flexibility index (Phi) is 10.4. The number of rotatable bonds is 13. The second-order valence-corrected chi connectivity index (χ2v) is 7.91. The number of nitrogens with two attached hydrogens (primary N) is 2. The molecule has 4 amide bonds. The molecule has 14 heteroatoms. The number of amides is 4. The van der Waals surface area contributed by atoms with Gasteiger partial charge in [-0.25, -0.2) is 9.78 Å². The molecule has 0 aromatic carbocycles. The number of imidazole rings is 1. The summed E-state index contributed by atoms with van der Waals surface area (Å²) in [7, 11) is 0. The molecule has 10 N–H and O–H groups in total. The van der Waals surface area contributed by atoms with Crippen LogP contribution in [0.5, 0.6) is 0 Å². The van der Waals surface area contributed by atoms with Gasteiger partial charge in [-0.1, -0.05) is 13.8 Å². The van der Waals surface area contributed by atoms with Gasteiger partial charge in [0.1, 0.15) is 18.1 Å². The molecule has 0 aliphatic heterocycles. The number of aromatic amines is 1. The van der Waals surface area contributed by atoms with Crippen molar-refractivity contribution in [3.05, 3.63) is 18.2 Å². The smallest absolute Gasteiger partial charge is 0.326 e. The molecule has 1 aromatic rings. The number of carboxylic acid groups (broad SMARTS) is 1. The number of nitrogens with one attached hydrogen (secondary N) is 4. The Balaban J connectivity index is 2.87. The lowest BCUT2D eigenvalue weighted by atomic mass is 10.0. The largest absolute Gasteiger partial charge is 0.480 e. The van der Waals surface area contributed by atoms with Gasteiger partial charge in [-0.3, -0.25) is 19.2 Å². The second kappa shape index (κ2) is 12.5. The van der Waals surface area contributed by atoms with Crippen LogP contribution >= 0.6 is 0 Å². The van der Waals surface area contributed by atoms with Gasteiger partial charge >= 0.3 is 5.97 Å². The van der Waals surface area contributed by atoms with Crippen LogP contribution in [0.15, 0.2) is 12.5 Å². The van der Waals surface area contributed by atoms with Gasteiger partial charge in [0.15, 0.2) is 0 Å². The number of aliphatic hydroxyl groups is 1. The van der Waals surface area contributed by atoms with Crippen molar-refractivity contribution in [3.8, 4) is 0 Å². The molecular weight excluding hydrogens is 438 g/mol. The average molecular weight is 469 g/mol. The van der Waals surface area contributed by atoms with E-state index in [9.17, 15) is 29.1 Å². The minimum atomic E-state index is -1.64. The highest BCUT2D eigenvalue weighted by atomic mass is 16.4. The van der Waals surface area contributed by atoms with Crippen LogP contribution in [-0.4, -0.2) is 80.1 Å². The highest BCUT2D eigenvalue weighted by Crippen LogP contribution is 2.06. The number of primary amides is 1. The summed E-state index contributed by atoms with van der Waals surface area (Å²) in [5.74, 6) is -5.37. The molecule has 0 radical (unpaired) electrons. The van der Waals surface area contributed by atoms with Gasteiger partial charge in [0.2, 0.25) is 23.6 Å². The third-order valence-corrected chi connectivity index (χ3v) is 4.66. The van der Waals surface area contributed by atoms with Gasteiger partial charge < -0.3 is 42.6 Å². The summed E-state index contributed by atoms with van der Waals surface area (Å²) in [4.78, 5) is 66.7. The summed E-state index contributed by atoms with van der Waals surface area (Å²) in [6.45, 7) is 4.50. The van der Waals surface area contributed by atoms with E-state index in [-0.39, 0.29) is 6.42 Å². The van der Waals surface area contributed by atoms with Crippen LogP contribution in [-0.2, 0) is 30.4 Å². The minimum Gasteiger partial charge on any atom is -0.480 e. The van der Waals surface area contributed by atoms with Crippen molar-refractivity contribution in [1.82, 2.24) is 25.9 Å². The van der Waals surface area contributed by atoms with Gasteiger partial charge in [-0.05, 0) is 12.8 Å². The van der Waals surface area contributed by atoms with Gasteiger partial charge in [0.25, 0.3) is 0 Å². The first-order valence-electron chi connectivity index (χ1n) is 10.2. The van der Waals surface area contributed by atoms with E-state index in [1.54, 1.807) is 13.8 Å². The van der Waals surface area contributed by atoms with Crippen molar-refractivity contribution in [2.24, 2.45) is 17.4 Å². The summed E-state index contributed by atoms with van der Waals surface area (Å²) < 4.78 is 0. The van der Waals surface area contributed by atoms with E-state index in [0.717, 1.165) is 0 Å². The zero-order valence-electron chi connectivity index (χ0n) is 18.6. The van der Waals surface area contributed by atoms with Crippen LogP contribution in [0.1, 0.15) is 32.9 Å². The number of aliphatic hydroxyl groups excluding tert-OH is 1. The molecule has 33 heavy (non-hydrogen) atoms. The van der Waals surface area contributed by atoms with Crippen molar-refractivity contribution in [2.75, 3.05) is 0 Å². The Morgan fingerprint density at radius 2 is 1.61 bits per heavy atom. The number of carboxylic acids is 1. The molecule has 184 valence electrons.